The molecule has 1 aliphatic heterocycles. The van der Waals surface area contributed by atoms with Crippen molar-refractivity contribution in [1.29, 1.82) is 0 Å². The summed E-state index contributed by atoms with van der Waals surface area (Å²) in [6.45, 7) is 6.46. The van der Waals surface area contributed by atoms with E-state index in [1.807, 2.05) is 42.6 Å². The number of H-pyrrole nitrogens is 1. The van der Waals surface area contributed by atoms with Crippen LogP contribution in [-0.2, 0) is 0 Å². The molecule has 2 N–H and O–H groups in total. The van der Waals surface area contributed by atoms with E-state index in [4.69, 9.17) is 11.6 Å². The Bertz CT molecular complexity index is 941. The van der Waals surface area contributed by atoms with Crippen LogP contribution >= 0.6 is 11.6 Å². The first-order chi connectivity index (χ1) is 12.6. The average Bonchev–Trinajstić information content (AvgIpc) is 3.09. The van der Waals surface area contributed by atoms with Gasteiger partial charge in [-0.15, -0.1) is 0 Å². The molecule has 0 radical (unpaired) electrons. The first kappa shape index (κ1) is 17.1. The van der Waals surface area contributed by atoms with Crippen molar-refractivity contribution in [3.05, 3.63) is 64.8 Å². The molecule has 0 aliphatic carbocycles. The van der Waals surface area contributed by atoms with Crippen LogP contribution in [0.1, 0.15) is 15.9 Å². The molecule has 0 atom stereocenters. The zero-order valence-corrected chi connectivity index (χ0v) is 15.6. The van der Waals surface area contributed by atoms with Crippen LogP contribution < -0.4 is 9.80 Å². The third-order valence-electron chi connectivity index (χ3n) is 5.28. The molecule has 2 aromatic carbocycles. The van der Waals surface area contributed by atoms with Crippen LogP contribution in [0.3, 0.4) is 0 Å². The summed E-state index contributed by atoms with van der Waals surface area (Å²) >= 11 is 6.16. The minimum absolute atomic E-state index is 0.213. The quantitative estimate of drug-likeness (QED) is 0.695. The van der Waals surface area contributed by atoms with Gasteiger partial charge in [-0.1, -0.05) is 35.9 Å². The maximum absolute atomic E-state index is 12.8. The molecule has 5 heteroatoms. The number of para-hydroxylation sites is 1. The second-order valence-corrected chi connectivity index (χ2v) is 7.45. The molecule has 2 heterocycles. The Morgan fingerprint density at radius 1 is 1.19 bits per heavy atom. The first-order valence-electron chi connectivity index (χ1n) is 9.06. The molecular formula is C21H23ClN3O+. The maximum atomic E-state index is 12.8. The molecule has 3 aromatic rings. The van der Waals surface area contributed by atoms with E-state index >= 15 is 0 Å². The van der Waals surface area contributed by atoms with Crippen molar-refractivity contribution < 1.29 is 9.69 Å². The van der Waals surface area contributed by atoms with E-state index in [-0.39, 0.29) is 5.78 Å². The molecule has 0 unspecified atom stereocenters. The molecule has 1 aliphatic rings. The van der Waals surface area contributed by atoms with Crippen LogP contribution in [0.4, 0.5) is 5.69 Å². The molecule has 0 amide bonds. The van der Waals surface area contributed by atoms with Gasteiger partial charge in [-0.2, -0.15) is 0 Å². The number of carbonyl (C=O) groups excluding carboxylic acids is 1. The lowest BCUT2D eigenvalue weighted by molar-refractivity contribution is -0.892. The highest BCUT2D eigenvalue weighted by Gasteiger charge is 2.24. The number of nitrogens with one attached hydrogen (secondary N) is 2. The lowest BCUT2D eigenvalue weighted by Crippen LogP contribution is -3.15. The zero-order valence-electron chi connectivity index (χ0n) is 14.9. The molecule has 1 fully saturated rings. The summed E-state index contributed by atoms with van der Waals surface area (Å²) in [6, 6.07) is 14.0. The highest BCUT2D eigenvalue weighted by molar-refractivity contribution is 6.30. The average molecular weight is 369 g/mol. The zero-order chi connectivity index (χ0) is 18.1. The van der Waals surface area contributed by atoms with Crippen molar-refractivity contribution in [2.75, 3.05) is 37.6 Å². The number of piperazine rings is 1. The second kappa shape index (κ2) is 7.14. The number of aromatic amines is 1. The van der Waals surface area contributed by atoms with Crippen LogP contribution in [0, 0.1) is 6.92 Å². The van der Waals surface area contributed by atoms with Gasteiger partial charge in [-0.3, -0.25) is 4.79 Å². The number of ketones is 1. The predicted molar refractivity (Wildman–Crippen MR) is 107 cm³/mol. The molecule has 1 aromatic heterocycles. The molecule has 4 nitrogen and oxygen atoms in total. The lowest BCUT2D eigenvalue weighted by atomic mass is 10.1. The number of aryl methyl sites for hydroxylation is 1. The summed E-state index contributed by atoms with van der Waals surface area (Å²) in [5.41, 5.74) is 4.28. The van der Waals surface area contributed by atoms with E-state index < -0.39 is 0 Å². The lowest BCUT2D eigenvalue weighted by Gasteiger charge is -2.34. The summed E-state index contributed by atoms with van der Waals surface area (Å²) in [5, 5.41) is 1.79. The fourth-order valence-corrected chi connectivity index (χ4v) is 3.95. The summed E-state index contributed by atoms with van der Waals surface area (Å²) in [5.74, 6) is 0.213. The van der Waals surface area contributed by atoms with Crippen molar-refractivity contribution in [3.63, 3.8) is 0 Å². The Hall–Kier alpha value is -2.30. The van der Waals surface area contributed by atoms with Gasteiger partial charge in [0.15, 0.2) is 0 Å². The topological polar surface area (TPSA) is 40.5 Å². The van der Waals surface area contributed by atoms with E-state index in [0.717, 1.165) is 47.7 Å². The van der Waals surface area contributed by atoms with Crippen LogP contribution in [0.2, 0.25) is 5.02 Å². The van der Waals surface area contributed by atoms with E-state index in [2.05, 4.69) is 22.9 Å². The van der Waals surface area contributed by atoms with E-state index in [1.54, 1.807) is 0 Å². The SMILES string of the molecule is Cc1ccc(Cl)cc1N1CC[NH+](CC(=O)c2c[nH]c3ccccc23)CC1. The van der Waals surface area contributed by atoms with Gasteiger partial charge in [0.25, 0.3) is 0 Å². The number of hydrogen-bond donors (Lipinski definition) is 2. The number of quaternary nitrogens is 1. The molecule has 0 bridgehead atoms. The number of Topliss-reactive ketones (excluding diaryl/α,β-unsaturated/α-hetero) is 1. The van der Waals surface area contributed by atoms with Crippen molar-refractivity contribution in [3.8, 4) is 0 Å². The Morgan fingerprint density at radius 3 is 2.77 bits per heavy atom. The van der Waals surface area contributed by atoms with Gasteiger partial charge in [0.2, 0.25) is 5.78 Å². The predicted octanol–water partition coefficient (Wildman–Crippen LogP) is 2.72. The molecule has 1 saturated heterocycles. The minimum Gasteiger partial charge on any atom is -0.360 e. The van der Waals surface area contributed by atoms with E-state index in [1.165, 1.54) is 16.2 Å². The Kier molecular flexibility index (Phi) is 4.70. The van der Waals surface area contributed by atoms with Crippen molar-refractivity contribution in [2.24, 2.45) is 0 Å². The van der Waals surface area contributed by atoms with E-state index in [9.17, 15) is 4.79 Å². The third-order valence-corrected chi connectivity index (χ3v) is 5.52. The Labute approximate surface area is 158 Å². The third kappa shape index (κ3) is 3.35. The van der Waals surface area contributed by atoms with Crippen LogP contribution in [0.5, 0.6) is 0 Å². The second-order valence-electron chi connectivity index (χ2n) is 7.02. The summed E-state index contributed by atoms with van der Waals surface area (Å²) < 4.78 is 0. The maximum Gasteiger partial charge on any atom is 0.219 e. The standard InChI is InChI=1S/C21H22ClN3O/c1-15-6-7-16(22)12-20(15)25-10-8-24(9-11-25)14-21(26)18-13-23-19-5-3-2-4-17(18)19/h2-7,12-13,23H,8-11,14H2,1H3/p+1. The van der Waals surface area contributed by atoms with Crippen molar-refractivity contribution in [2.45, 2.75) is 6.92 Å². The Balaban J connectivity index is 1.41. The van der Waals surface area contributed by atoms with Crippen LogP contribution in [0.15, 0.2) is 48.7 Å². The number of benzene rings is 2. The summed E-state index contributed by atoms with van der Waals surface area (Å²) in [4.78, 5) is 19.7. The van der Waals surface area contributed by atoms with Gasteiger partial charge in [-0.05, 0) is 30.7 Å². The normalized spacial score (nSPS) is 15.5. The summed E-state index contributed by atoms with van der Waals surface area (Å²) in [6.07, 6.45) is 1.85. The van der Waals surface area contributed by atoms with Crippen LogP contribution in [0.25, 0.3) is 10.9 Å². The van der Waals surface area contributed by atoms with Crippen molar-refractivity contribution >= 4 is 34.0 Å². The van der Waals surface area contributed by atoms with Gasteiger partial charge in [-0.25, -0.2) is 0 Å². The number of halogens is 1. The first-order valence-corrected chi connectivity index (χ1v) is 9.43. The smallest absolute Gasteiger partial charge is 0.219 e. The number of aromatic nitrogens is 1. The number of nitrogens with zero attached hydrogens (tertiary/aromatic N) is 1. The molecule has 26 heavy (non-hydrogen) atoms. The number of carbonyl (C=O) groups is 1. The minimum atomic E-state index is 0.213. The molecule has 4 rings (SSSR count). The number of anilines is 1. The van der Waals surface area contributed by atoms with Crippen LogP contribution in [-0.4, -0.2) is 43.5 Å². The summed E-state index contributed by atoms with van der Waals surface area (Å²) in [7, 11) is 0. The van der Waals surface area contributed by atoms with E-state index in [0.29, 0.717) is 6.54 Å². The molecule has 134 valence electrons. The molecule has 0 saturated carbocycles. The van der Waals surface area contributed by atoms with Crippen molar-refractivity contribution in [1.82, 2.24) is 4.98 Å². The van der Waals surface area contributed by atoms with Gasteiger partial charge in [0, 0.05) is 33.4 Å². The van der Waals surface area contributed by atoms with Gasteiger partial charge < -0.3 is 14.8 Å². The molecular weight excluding hydrogens is 346 g/mol. The van der Waals surface area contributed by atoms with Gasteiger partial charge >= 0.3 is 0 Å². The number of fused-ring (bicyclic) bond motifs is 1. The highest BCUT2D eigenvalue weighted by Crippen LogP contribution is 2.24. The number of rotatable bonds is 4. The molecule has 0 spiro atoms. The van der Waals surface area contributed by atoms with Gasteiger partial charge in [0.1, 0.15) is 6.54 Å². The fraction of sp³-hybridized carbons (Fsp3) is 0.286. The largest absolute Gasteiger partial charge is 0.360 e. The fourth-order valence-electron chi connectivity index (χ4n) is 3.79. The monoisotopic (exact) mass is 368 g/mol. The highest BCUT2D eigenvalue weighted by atomic mass is 35.5. The van der Waals surface area contributed by atoms with Gasteiger partial charge in [0.05, 0.1) is 26.2 Å². The number of hydrogen-bond acceptors (Lipinski definition) is 2. The Morgan fingerprint density at radius 2 is 1.96 bits per heavy atom.